The van der Waals surface area contributed by atoms with Gasteiger partial charge in [0.25, 0.3) is 0 Å². The van der Waals surface area contributed by atoms with E-state index in [1.807, 2.05) is 91.2 Å². The Labute approximate surface area is 234 Å². The van der Waals surface area contributed by atoms with Crippen LogP contribution in [-0.4, -0.2) is 49.6 Å². The van der Waals surface area contributed by atoms with Crippen LogP contribution in [0, 0.1) is 0 Å². The lowest BCUT2D eigenvalue weighted by Crippen LogP contribution is -2.48. The average Bonchev–Trinajstić information content (AvgIpc) is 2.92. The van der Waals surface area contributed by atoms with Crippen LogP contribution in [0.15, 0.2) is 60.7 Å². The number of hydrogen-bond donors (Lipinski definition) is 1. The van der Waals surface area contributed by atoms with Gasteiger partial charge >= 0.3 is 0 Å². The molecule has 1 N–H and O–H groups in total. The van der Waals surface area contributed by atoms with Gasteiger partial charge in [0.05, 0.1) is 38.3 Å². The number of carbonyl (C=O) groups is 2. The number of anilines is 1. The molecular weight excluding hydrogens is 514 g/mol. The molecule has 0 unspecified atom stereocenters. The average molecular weight is 548 g/mol. The van der Waals surface area contributed by atoms with Crippen molar-refractivity contribution in [3.63, 3.8) is 0 Å². The molecule has 39 heavy (non-hydrogen) atoms. The number of fused-ring (bicyclic) bond motifs is 1. The molecule has 3 aromatic rings. The van der Waals surface area contributed by atoms with Gasteiger partial charge in [0.15, 0.2) is 11.5 Å². The van der Waals surface area contributed by atoms with Crippen LogP contribution < -0.4 is 19.7 Å². The molecule has 8 heteroatoms. The zero-order valence-electron chi connectivity index (χ0n) is 22.7. The van der Waals surface area contributed by atoms with E-state index in [2.05, 4.69) is 5.32 Å². The van der Waals surface area contributed by atoms with Gasteiger partial charge in [-0.05, 0) is 79.4 Å². The summed E-state index contributed by atoms with van der Waals surface area (Å²) in [6, 6.07) is 19.1. The standard InChI is InChI=1S/C31H34ClN3O4/c1-19(2)39-28-17-26-23(15-27(28)38-4)16-29(36)35(31(26)22-5-9-24(32)10-6-22)25-11-7-21(8-12-25)20(3)34-14-13-33-18-30(34)37/h5-12,15,17,19-20,31,33H,13-14,16,18H2,1-4H3/t20-,31+/m1/s1. The van der Waals surface area contributed by atoms with E-state index in [0.29, 0.717) is 29.6 Å². The molecule has 204 valence electrons. The lowest BCUT2D eigenvalue weighted by molar-refractivity contribution is -0.134. The normalized spacial score (nSPS) is 18.3. The minimum Gasteiger partial charge on any atom is -0.493 e. The number of hydrogen-bond acceptors (Lipinski definition) is 5. The maximum Gasteiger partial charge on any atom is 0.237 e. The quantitative estimate of drug-likeness (QED) is 0.434. The maximum atomic E-state index is 13.7. The molecule has 2 amide bonds. The van der Waals surface area contributed by atoms with Crippen molar-refractivity contribution in [2.45, 2.75) is 45.4 Å². The van der Waals surface area contributed by atoms with Gasteiger partial charge in [-0.15, -0.1) is 0 Å². The van der Waals surface area contributed by atoms with Gasteiger partial charge in [0.1, 0.15) is 0 Å². The SMILES string of the molecule is COc1cc2c(cc1OC(C)C)[C@H](c1ccc(Cl)cc1)N(c1ccc([C@@H](C)N3CCNCC3=O)cc1)C(=O)C2. The van der Waals surface area contributed by atoms with Gasteiger partial charge in [-0.25, -0.2) is 0 Å². The van der Waals surface area contributed by atoms with Gasteiger partial charge in [-0.2, -0.15) is 0 Å². The Bertz CT molecular complexity index is 1360. The molecular formula is C31H34ClN3O4. The van der Waals surface area contributed by atoms with Crippen molar-refractivity contribution in [2.24, 2.45) is 0 Å². The molecule has 7 nitrogen and oxygen atoms in total. The van der Waals surface area contributed by atoms with E-state index < -0.39 is 0 Å². The highest BCUT2D eigenvalue weighted by molar-refractivity contribution is 6.30. The summed E-state index contributed by atoms with van der Waals surface area (Å²) >= 11 is 6.23. The Morgan fingerprint density at radius 2 is 1.67 bits per heavy atom. The first-order valence-corrected chi connectivity index (χ1v) is 13.7. The first-order valence-electron chi connectivity index (χ1n) is 13.3. The third kappa shape index (κ3) is 5.47. The van der Waals surface area contributed by atoms with Crippen molar-refractivity contribution >= 4 is 29.1 Å². The van der Waals surface area contributed by atoms with Gasteiger partial charge in [-0.1, -0.05) is 35.9 Å². The van der Waals surface area contributed by atoms with Gasteiger partial charge < -0.3 is 24.6 Å². The smallest absolute Gasteiger partial charge is 0.237 e. The third-order valence-corrected chi connectivity index (χ3v) is 7.64. The van der Waals surface area contributed by atoms with E-state index in [1.165, 1.54) is 0 Å². The monoisotopic (exact) mass is 547 g/mol. The van der Waals surface area contributed by atoms with Crippen molar-refractivity contribution in [2.75, 3.05) is 31.6 Å². The molecule has 0 radical (unpaired) electrons. The summed E-state index contributed by atoms with van der Waals surface area (Å²) in [6.45, 7) is 7.81. The second kappa shape index (κ2) is 11.3. The zero-order valence-corrected chi connectivity index (χ0v) is 23.5. The second-order valence-corrected chi connectivity index (χ2v) is 10.7. The van der Waals surface area contributed by atoms with E-state index in [1.54, 1.807) is 7.11 Å². The molecule has 3 aromatic carbocycles. The van der Waals surface area contributed by atoms with Gasteiger partial charge in [0, 0.05) is 23.8 Å². The van der Waals surface area contributed by atoms with Crippen molar-refractivity contribution in [1.29, 1.82) is 0 Å². The Balaban J connectivity index is 1.56. The molecule has 0 aromatic heterocycles. The zero-order chi connectivity index (χ0) is 27.7. The van der Waals surface area contributed by atoms with Crippen molar-refractivity contribution < 1.29 is 19.1 Å². The van der Waals surface area contributed by atoms with Crippen molar-refractivity contribution in [1.82, 2.24) is 10.2 Å². The molecule has 2 atom stereocenters. The maximum absolute atomic E-state index is 13.7. The molecule has 5 rings (SSSR count). The summed E-state index contributed by atoms with van der Waals surface area (Å²) in [5.41, 5.74) is 4.65. The topological polar surface area (TPSA) is 71.1 Å². The number of carbonyl (C=O) groups excluding carboxylic acids is 2. The van der Waals surface area contributed by atoms with E-state index in [0.717, 1.165) is 34.5 Å². The first kappa shape index (κ1) is 27.0. The number of piperazine rings is 1. The van der Waals surface area contributed by atoms with Crippen LogP contribution in [0.1, 0.15) is 55.1 Å². The minimum atomic E-state index is -0.378. The molecule has 2 heterocycles. The fourth-order valence-electron chi connectivity index (χ4n) is 5.45. The largest absolute Gasteiger partial charge is 0.493 e. The molecule has 0 aliphatic carbocycles. The highest BCUT2D eigenvalue weighted by Gasteiger charge is 2.36. The van der Waals surface area contributed by atoms with Crippen LogP contribution in [0.25, 0.3) is 0 Å². The van der Waals surface area contributed by atoms with E-state index in [9.17, 15) is 9.59 Å². The van der Waals surface area contributed by atoms with Crippen LogP contribution in [0.2, 0.25) is 5.02 Å². The predicted octanol–water partition coefficient (Wildman–Crippen LogP) is 5.31. The van der Waals surface area contributed by atoms with Crippen LogP contribution in [0.5, 0.6) is 11.5 Å². The fourth-order valence-corrected chi connectivity index (χ4v) is 5.58. The van der Waals surface area contributed by atoms with Crippen molar-refractivity contribution in [3.05, 3.63) is 87.9 Å². The van der Waals surface area contributed by atoms with Gasteiger partial charge in [-0.3, -0.25) is 9.59 Å². The lowest BCUT2D eigenvalue weighted by Gasteiger charge is -2.38. The summed E-state index contributed by atoms with van der Waals surface area (Å²) in [7, 11) is 1.61. The van der Waals surface area contributed by atoms with Crippen LogP contribution in [-0.2, 0) is 16.0 Å². The number of nitrogens with zero attached hydrogens (tertiary/aromatic N) is 2. The van der Waals surface area contributed by atoms with E-state index in [-0.39, 0.29) is 36.4 Å². The van der Waals surface area contributed by atoms with Crippen LogP contribution in [0.3, 0.4) is 0 Å². The Morgan fingerprint density at radius 3 is 2.31 bits per heavy atom. The predicted molar refractivity (Wildman–Crippen MR) is 153 cm³/mol. The second-order valence-electron chi connectivity index (χ2n) is 10.3. The third-order valence-electron chi connectivity index (χ3n) is 7.38. The number of nitrogens with one attached hydrogen (secondary N) is 1. The summed E-state index contributed by atoms with van der Waals surface area (Å²) in [4.78, 5) is 29.9. The number of methoxy groups -OCH3 is 1. The van der Waals surface area contributed by atoms with Crippen molar-refractivity contribution in [3.8, 4) is 11.5 Å². The number of ether oxygens (including phenoxy) is 2. The molecule has 1 fully saturated rings. The lowest BCUT2D eigenvalue weighted by atomic mass is 9.86. The molecule has 2 aliphatic heterocycles. The minimum absolute atomic E-state index is 0.0138. The Morgan fingerprint density at radius 1 is 0.949 bits per heavy atom. The highest BCUT2D eigenvalue weighted by Crippen LogP contribution is 2.44. The summed E-state index contributed by atoms with van der Waals surface area (Å²) in [6.07, 6.45) is 0.204. The Kier molecular flexibility index (Phi) is 7.82. The molecule has 0 saturated carbocycles. The molecule has 0 spiro atoms. The highest BCUT2D eigenvalue weighted by atomic mass is 35.5. The number of benzene rings is 3. The Hall–Kier alpha value is -3.55. The number of halogens is 1. The number of rotatable bonds is 7. The number of amides is 2. The fraction of sp³-hybridized carbons (Fsp3) is 0.355. The van der Waals surface area contributed by atoms with E-state index >= 15 is 0 Å². The van der Waals surface area contributed by atoms with Crippen LogP contribution >= 0.6 is 11.6 Å². The summed E-state index contributed by atoms with van der Waals surface area (Å²) < 4.78 is 11.7. The molecule has 1 saturated heterocycles. The summed E-state index contributed by atoms with van der Waals surface area (Å²) in [5, 5.41) is 3.75. The van der Waals surface area contributed by atoms with E-state index in [4.69, 9.17) is 21.1 Å². The molecule has 0 bridgehead atoms. The molecule has 2 aliphatic rings. The first-order chi connectivity index (χ1) is 18.8. The van der Waals surface area contributed by atoms with Crippen LogP contribution in [0.4, 0.5) is 5.69 Å². The van der Waals surface area contributed by atoms with Gasteiger partial charge in [0.2, 0.25) is 11.8 Å². The summed E-state index contributed by atoms with van der Waals surface area (Å²) in [5.74, 6) is 1.34.